The number of imide groups is 1. The SMILES string of the molecule is CCCNC(=O)NC(=O)COC(=O)[C@@H](NC(=O)C12CC3CC(CC(C3)C1)C2)C(C)C. The van der Waals surface area contributed by atoms with Crippen molar-refractivity contribution in [2.45, 2.75) is 71.8 Å². The summed E-state index contributed by atoms with van der Waals surface area (Å²) in [7, 11) is 0. The molecular weight excluding hydrogens is 386 g/mol. The lowest BCUT2D eigenvalue weighted by molar-refractivity contribution is -0.157. The molecule has 0 aromatic heterocycles. The van der Waals surface area contributed by atoms with Gasteiger partial charge in [0.1, 0.15) is 6.04 Å². The lowest BCUT2D eigenvalue weighted by Gasteiger charge is -2.55. The Morgan fingerprint density at radius 3 is 2.07 bits per heavy atom. The maximum atomic E-state index is 13.2. The van der Waals surface area contributed by atoms with Crippen molar-refractivity contribution in [2.75, 3.05) is 13.2 Å². The first-order valence-electron chi connectivity index (χ1n) is 11.3. The van der Waals surface area contributed by atoms with Crippen molar-refractivity contribution in [3.8, 4) is 0 Å². The van der Waals surface area contributed by atoms with Crippen LogP contribution in [0.25, 0.3) is 0 Å². The number of carbonyl (C=O) groups is 4. The van der Waals surface area contributed by atoms with Crippen molar-refractivity contribution in [3.05, 3.63) is 0 Å². The van der Waals surface area contributed by atoms with Crippen LogP contribution in [0.5, 0.6) is 0 Å². The molecule has 0 aromatic rings. The van der Waals surface area contributed by atoms with Gasteiger partial charge in [0, 0.05) is 12.0 Å². The maximum Gasteiger partial charge on any atom is 0.329 e. The van der Waals surface area contributed by atoms with Crippen molar-refractivity contribution in [1.29, 1.82) is 0 Å². The fraction of sp³-hybridized carbons (Fsp3) is 0.818. The van der Waals surface area contributed by atoms with Crippen molar-refractivity contribution in [3.63, 3.8) is 0 Å². The highest BCUT2D eigenvalue weighted by molar-refractivity contribution is 5.96. The zero-order valence-electron chi connectivity index (χ0n) is 18.3. The number of amides is 4. The van der Waals surface area contributed by atoms with Crippen LogP contribution in [0.3, 0.4) is 0 Å². The molecule has 0 aromatic carbocycles. The molecule has 4 fully saturated rings. The predicted octanol–water partition coefficient (Wildman–Crippen LogP) is 2.12. The summed E-state index contributed by atoms with van der Waals surface area (Å²) < 4.78 is 5.11. The highest BCUT2D eigenvalue weighted by atomic mass is 16.5. The number of esters is 1. The van der Waals surface area contributed by atoms with Gasteiger partial charge in [-0.25, -0.2) is 9.59 Å². The van der Waals surface area contributed by atoms with Crippen molar-refractivity contribution < 1.29 is 23.9 Å². The summed E-state index contributed by atoms with van der Waals surface area (Å²) in [6.07, 6.45) is 7.21. The zero-order valence-corrected chi connectivity index (χ0v) is 18.3. The topological polar surface area (TPSA) is 114 Å². The van der Waals surface area contributed by atoms with Crippen LogP contribution in [0.4, 0.5) is 4.79 Å². The third-order valence-corrected chi connectivity index (χ3v) is 6.86. The number of hydrogen-bond donors (Lipinski definition) is 3. The van der Waals surface area contributed by atoms with Crippen molar-refractivity contribution >= 4 is 23.8 Å². The number of nitrogens with one attached hydrogen (secondary N) is 3. The van der Waals surface area contributed by atoms with Crippen LogP contribution in [0.1, 0.15) is 65.7 Å². The average molecular weight is 422 g/mol. The van der Waals surface area contributed by atoms with Gasteiger partial charge < -0.3 is 15.4 Å². The van der Waals surface area contributed by atoms with Gasteiger partial charge in [0.2, 0.25) is 5.91 Å². The minimum atomic E-state index is -0.813. The fourth-order valence-electron chi connectivity index (χ4n) is 5.85. The molecule has 8 nitrogen and oxygen atoms in total. The van der Waals surface area contributed by atoms with Gasteiger partial charge in [0.05, 0.1) is 0 Å². The van der Waals surface area contributed by atoms with Crippen LogP contribution in [0.15, 0.2) is 0 Å². The molecule has 0 heterocycles. The molecule has 3 N–H and O–H groups in total. The largest absolute Gasteiger partial charge is 0.454 e. The standard InChI is InChI=1S/C22H35N3O5/c1-4-5-23-21(29)24-17(26)12-30-19(27)18(13(2)3)25-20(28)22-9-14-6-15(10-22)8-16(7-14)11-22/h13-16,18H,4-12H2,1-3H3,(H,25,28)(H2,23,24,26,29)/t14?,15?,16?,18-,22?/m0/s1. The first-order valence-corrected chi connectivity index (χ1v) is 11.3. The Morgan fingerprint density at radius 1 is 1.00 bits per heavy atom. The Balaban J connectivity index is 1.53. The highest BCUT2D eigenvalue weighted by Crippen LogP contribution is 2.60. The lowest BCUT2D eigenvalue weighted by Crippen LogP contribution is -2.57. The third-order valence-electron chi connectivity index (χ3n) is 6.86. The van der Waals surface area contributed by atoms with Gasteiger partial charge in [-0.3, -0.25) is 14.9 Å². The molecule has 8 heteroatoms. The molecule has 0 unspecified atom stereocenters. The van der Waals surface area contributed by atoms with E-state index in [0.29, 0.717) is 24.3 Å². The van der Waals surface area contributed by atoms with E-state index in [0.717, 1.165) is 25.7 Å². The smallest absolute Gasteiger partial charge is 0.329 e. The fourth-order valence-corrected chi connectivity index (χ4v) is 5.85. The van der Waals surface area contributed by atoms with E-state index in [9.17, 15) is 19.2 Å². The van der Waals surface area contributed by atoms with Gasteiger partial charge in [-0.1, -0.05) is 20.8 Å². The van der Waals surface area contributed by atoms with Gasteiger partial charge in [-0.15, -0.1) is 0 Å². The maximum absolute atomic E-state index is 13.2. The van der Waals surface area contributed by atoms with Crippen LogP contribution in [0, 0.1) is 29.1 Å². The number of carbonyl (C=O) groups excluding carboxylic acids is 4. The zero-order chi connectivity index (χ0) is 21.9. The minimum absolute atomic E-state index is 0.0411. The Bertz CT molecular complexity index is 655. The van der Waals surface area contributed by atoms with E-state index in [4.69, 9.17) is 4.74 Å². The van der Waals surface area contributed by atoms with Gasteiger partial charge in [-0.2, -0.15) is 0 Å². The number of urea groups is 1. The predicted molar refractivity (Wildman–Crippen MR) is 110 cm³/mol. The molecule has 30 heavy (non-hydrogen) atoms. The lowest BCUT2D eigenvalue weighted by atomic mass is 9.49. The van der Waals surface area contributed by atoms with E-state index < -0.39 is 30.6 Å². The molecular formula is C22H35N3O5. The Hall–Kier alpha value is -2.12. The number of rotatable bonds is 8. The van der Waals surface area contributed by atoms with Crippen LogP contribution in [0.2, 0.25) is 0 Å². The van der Waals surface area contributed by atoms with Gasteiger partial charge in [0.25, 0.3) is 5.91 Å². The Morgan fingerprint density at radius 2 is 1.57 bits per heavy atom. The van der Waals surface area contributed by atoms with Crippen molar-refractivity contribution in [2.24, 2.45) is 29.1 Å². The van der Waals surface area contributed by atoms with E-state index in [1.165, 1.54) is 19.3 Å². The molecule has 4 aliphatic rings. The van der Waals surface area contributed by atoms with Gasteiger partial charge in [-0.05, 0) is 68.6 Å². The summed E-state index contributed by atoms with van der Waals surface area (Å²) >= 11 is 0. The molecule has 0 saturated heterocycles. The molecule has 4 amide bonds. The summed E-state index contributed by atoms with van der Waals surface area (Å²) in [6, 6.07) is -1.43. The van der Waals surface area contributed by atoms with Crippen LogP contribution in [-0.2, 0) is 19.1 Å². The summed E-state index contributed by atoms with van der Waals surface area (Å²) in [5.41, 5.74) is -0.350. The van der Waals surface area contributed by atoms with Crippen LogP contribution in [-0.4, -0.2) is 43.0 Å². The van der Waals surface area contributed by atoms with Gasteiger partial charge >= 0.3 is 12.0 Å². The molecule has 1 atom stereocenters. The molecule has 4 saturated carbocycles. The summed E-state index contributed by atoms with van der Waals surface area (Å²) in [5.74, 6) is 0.336. The molecule has 0 aliphatic heterocycles. The first-order chi connectivity index (χ1) is 14.2. The second-order valence-corrected chi connectivity index (χ2v) is 9.80. The quantitative estimate of drug-likeness (QED) is 0.520. The van der Waals surface area contributed by atoms with Gasteiger partial charge in [0.15, 0.2) is 6.61 Å². The first kappa shape index (κ1) is 22.6. The second-order valence-electron chi connectivity index (χ2n) is 9.80. The minimum Gasteiger partial charge on any atom is -0.454 e. The number of hydrogen-bond acceptors (Lipinski definition) is 5. The molecule has 168 valence electrons. The monoisotopic (exact) mass is 421 g/mol. The second kappa shape index (κ2) is 9.35. The van der Waals surface area contributed by atoms with E-state index in [-0.39, 0.29) is 17.2 Å². The van der Waals surface area contributed by atoms with E-state index >= 15 is 0 Å². The summed E-state index contributed by atoms with van der Waals surface area (Å²) in [6.45, 7) is 5.46. The van der Waals surface area contributed by atoms with Crippen LogP contribution >= 0.6 is 0 Å². The Kier molecular flexibility index (Phi) is 7.03. The van der Waals surface area contributed by atoms with Crippen LogP contribution < -0.4 is 16.0 Å². The Labute approximate surface area is 178 Å². The summed E-state index contributed by atoms with van der Waals surface area (Å²) in [5, 5.41) is 7.57. The normalized spacial score (nSPS) is 29.9. The number of ether oxygens (including phenoxy) is 1. The molecule has 4 rings (SSSR count). The van der Waals surface area contributed by atoms with E-state index in [1.807, 2.05) is 20.8 Å². The summed E-state index contributed by atoms with van der Waals surface area (Å²) in [4.78, 5) is 49.2. The molecule has 4 bridgehead atoms. The average Bonchev–Trinajstić information content (AvgIpc) is 2.67. The molecule has 0 spiro atoms. The van der Waals surface area contributed by atoms with E-state index in [1.54, 1.807) is 0 Å². The van der Waals surface area contributed by atoms with Crippen molar-refractivity contribution in [1.82, 2.24) is 16.0 Å². The highest BCUT2D eigenvalue weighted by Gasteiger charge is 2.55. The molecule has 4 aliphatic carbocycles. The van der Waals surface area contributed by atoms with E-state index in [2.05, 4.69) is 16.0 Å². The molecule has 0 radical (unpaired) electrons. The third kappa shape index (κ3) is 5.13.